The van der Waals surface area contributed by atoms with Crippen LogP contribution in [0.15, 0.2) is 10.5 Å². The summed E-state index contributed by atoms with van der Waals surface area (Å²) in [5.41, 5.74) is 6.46. The third kappa shape index (κ3) is 6.48. The molecule has 0 bridgehead atoms. The molecule has 1 amide bonds. The molecular formula is C15H28N2OS. The minimum Gasteiger partial charge on any atom is -0.335 e. The maximum atomic E-state index is 12.3. The van der Waals surface area contributed by atoms with Crippen LogP contribution in [-0.2, 0) is 4.79 Å². The summed E-state index contributed by atoms with van der Waals surface area (Å²) in [6, 6.07) is 0. The van der Waals surface area contributed by atoms with Crippen molar-refractivity contribution < 1.29 is 4.79 Å². The molecule has 3 nitrogen and oxygen atoms in total. The lowest BCUT2D eigenvalue weighted by Gasteiger charge is -2.26. The van der Waals surface area contributed by atoms with Gasteiger partial charge in [-0.2, -0.15) is 0 Å². The zero-order chi connectivity index (χ0) is 14.7. The Kier molecular flexibility index (Phi) is 5.51. The second-order valence-electron chi connectivity index (χ2n) is 7.13. The summed E-state index contributed by atoms with van der Waals surface area (Å²) in [4.78, 5) is 13.6. The van der Waals surface area contributed by atoms with E-state index in [1.165, 1.54) is 11.3 Å². The molecule has 1 rings (SSSR count). The summed E-state index contributed by atoms with van der Waals surface area (Å²) in [7, 11) is 0. The third-order valence-corrected chi connectivity index (χ3v) is 4.62. The maximum absolute atomic E-state index is 12.3. The largest absolute Gasteiger partial charge is 0.335 e. The van der Waals surface area contributed by atoms with Crippen LogP contribution in [0.1, 0.15) is 60.3 Å². The van der Waals surface area contributed by atoms with Crippen molar-refractivity contribution >= 4 is 17.7 Å². The lowest BCUT2D eigenvalue weighted by Crippen LogP contribution is -2.51. The van der Waals surface area contributed by atoms with Gasteiger partial charge in [0.2, 0.25) is 5.91 Å². The molecule has 0 aromatic carbocycles. The van der Waals surface area contributed by atoms with Crippen LogP contribution >= 0.6 is 11.8 Å². The number of nitrogens with two attached hydrogens (primary N) is 1. The first-order chi connectivity index (χ1) is 8.58. The Hall–Kier alpha value is -0.480. The summed E-state index contributed by atoms with van der Waals surface area (Å²) in [5.74, 6) is 1.06. The molecule has 0 atom stereocenters. The fourth-order valence-corrected chi connectivity index (χ4v) is 3.21. The lowest BCUT2D eigenvalue weighted by molar-refractivity contribution is -0.119. The zero-order valence-corrected chi connectivity index (χ0v) is 13.7. The van der Waals surface area contributed by atoms with Crippen LogP contribution < -0.4 is 11.1 Å². The normalized spacial score (nSPS) is 17.6. The summed E-state index contributed by atoms with van der Waals surface area (Å²) in [6.07, 6.45) is 4.21. The Morgan fingerprint density at radius 2 is 1.79 bits per heavy atom. The SMILES string of the molecule is CC(C)(C)CSC1=C(C(=O)NC(C)(C)N)CCCC1. The molecule has 1 aliphatic rings. The number of hydrogen-bond donors (Lipinski definition) is 2. The molecule has 0 aliphatic heterocycles. The van der Waals surface area contributed by atoms with Gasteiger partial charge in [-0.25, -0.2) is 0 Å². The summed E-state index contributed by atoms with van der Waals surface area (Å²) in [6.45, 7) is 10.3. The van der Waals surface area contributed by atoms with Gasteiger partial charge in [0.1, 0.15) is 0 Å². The standard InChI is InChI=1S/C15H28N2OS/c1-14(2,3)10-19-12-9-7-6-8-11(12)13(18)17-15(4,5)16/h6-10,16H2,1-5H3,(H,17,18). The van der Waals surface area contributed by atoms with E-state index >= 15 is 0 Å². The molecule has 0 heterocycles. The van der Waals surface area contributed by atoms with Crippen molar-refractivity contribution in [2.24, 2.45) is 11.1 Å². The third-order valence-electron chi connectivity index (χ3n) is 2.81. The van der Waals surface area contributed by atoms with Gasteiger partial charge in [-0.1, -0.05) is 20.8 Å². The van der Waals surface area contributed by atoms with E-state index in [0.717, 1.165) is 30.6 Å². The Bertz CT molecular complexity index is 361. The molecule has 0 saturated carbocycles. The van der Waals surface area contributed by atoms with Crippen LogP contribution in [0.5, 0.6) is 0 Å². The molecule has 3 N–H and O–H groups in total. The van der Waals surface area contributed by atoms with Crippen LogP contribution in [0.2, 0.25) is 0 Å². The fraction of sp³-hybridized carbons (Fsp3) is 0.800. The lowest BCUT2D eigenvalue weighted by atomic mass is 9.98. The molecule has 0 saturated heterocycles. The van der Waals surface area contributed by atoms with Crippen molar-refractivity contribution in [2.75, 3.05) is 5.75 Å². The summed E-state index contributed by atoms with van der Waals surface area (Å²) < 4.78 is 0. The van der Waals surface area contributed by atoms with E-state index in [4.69, 9.17) is 5.73 Å². The topological polar surface area (TPSA) is 55.1 Å². The van der Waals surface area contributed by atoms with E-state index in [9.17, 15) is 4.79 Å². The van der Waals surface area contributed by atoms with Crippen molar-refractivity contribution in [1.82, 2.24) is 5.32 Å². The quantitative estimate of drug-likeness (QED) is 0.778. The van der Waals surface area contributed by atoms with Gasteiger partial charge in [-0.3, -0.25) is 4.79 Å². The highest BCUT2D eigenvalue weighted by atomic mass is 32.2. The van der Waals surface area contributed by atoms with E-state index in [1.807, 2.05) is 25.6 Å². The van der Waals surface area contributed by atoms with Gasteiger partial charge in [0.05, 0.1) is 5.66 Å². The first-order valence-electron chi connectivity index (χ1n) is 7.05. The molecule has 4 heteroatoms. The van der Waals surface area contributed by atoms with Crippen LogP contribution in [0.4, 0.5) is 0 Å². The van der Waals surface area contributed by atoms with E-state index in [-0.39, 0.29) is 11.3 Å². The molecule has 0 spiro atoms. The van der Waals surface area contributed by atoms with Gasteiger partial charge in [0.15, 0.2) is 0 Å². The molecule has 19 heavy (non-hydrogen) atoms. The minimum absolute atomic E-state index is 0.0172. The van der Waals surface area contributed by atoms with E-state index in [0.29, 0.717) is 0 Å². The monoisotopic (exact) mass is 284 g/mol. The number of rotatable bonds is 4. The van der Waals surface area contributed by atoms with Gasteiger partial charge < -0.3 is 11.1 Å². The highest BCUT2D eigenvalue weighted by molar-refractivity contribution is 8.03. The Morgan fingerprint density at radius 1 is 1.21 bits per heavy atom. The molecule has 1 aliphatic carbocycles. The molecule has 110 valence electrons. The number of thioether (sulfide) groups is 1. The number of carbonyl (C=O) groups excluding carboxylic acids is 1. The van der Waals surface area contributed by atoms with Crippen molar-refractivity contribution in [2.45, 2.75) is 66.0 Å². The maximum Gasteiger partial charge on any atom is 0.249 e. The molecule has 0 radical (unpaired) electrons. The summed E-state index contributed by atoms with van der Waals surface area (Å²) in [5, 5.41) is 2.88. The van der Waals surface area contributed by atoms with Gasteiger partial charge in [-0.15, -0.1) is 11.8 Å². The smallest absolute Gasteiger partial charge is 0.249 e. The average molecular weight is 284 g/mol. The first kappa shape index (κ1) is 16.6. The average Bonchev–Trinajstić information content (AvgIpc) is 2.23. The van der Waals surface area contributed by atoms with Crippen molar-refractivity contribution in [1.29, 1.82) is 0 Å². The van der Waals surface area contributed by atoms with Gasteiger partial charge in [0.25, 0.3) is 0 Å². The van der Waals surface area contributed by atoms with E-state index in [1.54, 1.807) is 0 Å². The minimum atomic E-state index is -0.651. The fourth-order valence-electron chi connectivity index (χ4n) is 1.95. The second kappa shape index (κ2) is 6.31. The molecule has 0 aromatic heterocycles. The second-order valence-corrected chi connectivity index (χ2v) is 8.20. The van der Waals surface area contributed by atoms with Crippen LogP contribution in [-0.4, -0.2) is 17.3 Å². The van der Waals surface area contributed by atoms with E-state index < -0.39 is 5.66 Å². The van der Waals surface area contributed by atoms with E-state index in [2.05, 4.69) is 26.1 Å². The first-order valence-corrected chi connectivity index (χ1v) is 8.03. The van der Waals surface area contributed by atoms with Crippen LogP contribution in [0, 0.1) is 5.41 Å². The van der Waals surface area contributed by atoms with Crippen molar-refractivity contribution in [3.05, 3.63) is 10.5 Å². The Balaban J connectivity index is 2.78. The highest BCUT2D eigenvalue weighted by Crippen LogP contribution is 2.36. The van der Waals surface area contributed by atoms with Gasteiger partial charge >= 0.3 is 0 Å². The Morgan fingerprint density at radius 3 is 2.32 bits per heavy atom. The molecule has 0 fully saturated rings. The van der Waals surface area contributed by atoms with Crippen LogP contribution in [0.25, 0.3) is 0 Å². The predicted octanol–water partition coefficient (Wildman–Crippen LogP) is 3.40. The predicted molar refractivity (Wildman–Crippen MR) is 83.8 cm³/mol. The number of carbonyl (C=O) groups is 1. The number of allylic oxidation sites excluding steroid dienone is 1. The van der Waals surface area contributed by atoms with Gasteiger partial charge in [0, 0.05) is 11.3 Å². The number of nitrogens with one attached hydrogen (secondary N) is 1. The molecular weight excluding hydrogens is 256 g/mol. The highest BCUT2D eigenvalue weighted by Gasteiger charge is 2.24. The molecule has 0 unspecified atom stereocenters. The molecule has 0 aromatic rings. The summed E-state index contributed by atoms with van der Waals surface area (Å²) >= 11 is 1.84. The van der Waals surface area contributed by atoms with Gasteiger partial charge in [-0.05, 0) is 49.9 Å². The zero-order valence-electron chi connectivity index (χ0n) is 12.9. The van der Waals surface area contributed by atoms with Crippen LogP contribution in [0.3, 0.4) is 0 Å². The Labute approximate surface area is 121 Å². The number of amides is 1. The van der Waals surface area contributed by atoms with Crippen molar-refractivity contribution in [3.63, 3.8) is 0 Å². The van der Waals surface area contributed by atoms with Crippen molar-refractivity contribution in [3.8, 4) is 0 Å². The number of hydrogen-bond acceptors (Lipinski definition) is 3.